The van der Waals surface area contributed by atoms with E-state index >= 15 is 0 Å². The van der Waals surface area contributed by atoms with Crippen LogP contribution in [0.1, 0.15) is 10.4 Å². The van der Waals surface area contributed by atoms with Gasteiger partial charge in [-0.3, -0.25) is 9.69 Å². The molecule has 0 saturated heterocycles. The quantitative estimate of drug-likeness (QED) is 0.633. The average Bonchev–Trinajstić information content (AvgIpc) is 3.04. The lowest BCUT2D eigenvalue weighted by molar-refractivity contribution is 0.0985. The minimum atomic E-state index is -3.39. The Balaban J connectivity index is 2.01. The molecule has 0 bridgehead atoms. The van der Waals surface area contributed by atoms with Crippen LogP contribution in [0.3, 0.4) is 0 Å². The van der Waals surface area contributed by atoms with E-state index in [9.17, 15) is 13.2 Å². The number of hydrogen-bond acceptors (Lipinski definition) is 6. The van der Waals surface area contributed by atoms with Crippen LogP contribution >= 0.6 is 11.3 Å². The van der Waals surface area contributed by atoms with E-state index in [2.05, 4.69) is 4.98 Å². The Morgan fingerprint density at radius 3 is 2.48 bits per heavy atom. The summed E-state index contributed by atoms with van der Waals surface area (Å²) in [5, 5.41) is 0.604. The number of rotatable bonds is 6. The molecular weight excluding hydrogens is 382 g/mol. The van der Waals surface area contributed by atoms with Crippen LogP contribution in [0, 0.1) is 0 Å². The summed E-state index contributed by atoms with van der Waals surface area (Å²) in [5.41, 5.74) is 1.17. The van der Waals surface area contributed by atoms with Crippen LogP contribution in [0.4, 0.5) is 5.13 Å². The molecule has 0 saturated carbocycles. The van der Waals surface area contributed by atoms with Gasteiger partial charge in [0.2, 0.25) is 0 Å². The molecule has 0 fully saturated rings. The van der Waals surface area contributed by atoms with Crippen molar-refractivity contribution < 1.29 is 13.2 Å². The van der Waals surface area contributed by atoms with Gasteiger partial charge in [-0.25, -0.2) is 13.4 Å². The molecule has 6 nitrogen and oxygen atoms in total. The summed E-state index contributed by atoms with van der Waals surface area (Å²) >= 11 is 1.45. The van der Waals surface area contributed by atoms with E-state index in [0.717, 1.165) is 16.5 Å². The second-order valence-electron chi connectivity index (χ2n) is 6.52. The minimum Gasteiger partial charge on any atom is -0.308 e. The maximum atomic E-state index is 13.2. The van der Waals surface area contributed by atoms with E-state index < -0.39 is 9.84 Å². The van der Waals surface area contributed by atoms with Crippen LogP contribution in [-0.4, -0.2) is 57.6 Å². The maximum Gasteiger partial charge on any atom is 0.260 e. The van der Waals surface area contributed by atoms with E-state index in [1.54, 1.807) is 17.0 Å². The molecule has 0 aliphatic rings. The Bertz CT molecular complexity index is 1040. The molecule has 0 N–H and O–H groups in total. The fraction of sp³-hybridized carbons (Fsp3) is 0.263. The smallest absolute Gasteiger partial charge is 0.260 e. The molecule has 142 valence electrons. The topological polar surface area (TPSA) is 70.6 Å². The summed E-state index contributed by atoms with van der Waals surface area (Å²) in [7, 11) is 0.484. The van der Waals surface area contributed by atoms with Gasteiger partial charge in [0, 0.05) is 24.9 Å². The lowest BCUT2D eigenvalue weighted by atomic mass is 10.2. The number of carbonyl (C=O) groups is 1. The summed E-state index contributed by atoms with van der Waals surface area (Å²) in [6.45, 7) is 1.11. The lowest BCUT2D eigenvalue weighted by Gasteiger charge is -2.22. The first-order chi connectivity index (χ1) is 12.8. The van der Waals surface area contributed by atoms with Gasteiger partial charge < -0.3 is 4.90 Å². The van der Waals surface area contributed by atoms with Crippen LogP contribution < -0.4 is 4.90 Å². The third kappa shape index (κ3) is 4.52. The van der Waals surface area contributed by atoms with Gasteiger partial charge in [0.15, 0.2) is 15.0 Å². The molecule has 0 aliphatic heterocycles. The van der Waals surface area contributed by atoms with Crippen molar-refractivity contribution in [2.45, 2.75) is 4.90 Å². The number of sulfone groups is 1. The van der Waals surface area contributed by atoms with E-state index in [-0.39, 0.29) is 10.8 Å². The number of benzene rings is 2. The highest BCUT2D eigenvalue weighted by Gasteiger charge is 2.22. The molecule has 27 heavy (non-hydrogen) atoms. The average molecular weight is 404 g/mol. The molecule has 3 rings (SSSR count). The molecule has 1 amide bonds. The largest absolute Gasteiger partial charge is 0.308 e. The Kier molecular flexibility index (Phi) is 5.59. The molecule has 0 unspecified atom stereocenters. The lowest BCUT2D eigenvalue weighted by Crippen LogP contribution is -2.36. The molecule has 8 heteroatoms. The molecule has 0 aliphatic carbocycles. The van der Waals surface area contributed by atoms with Crippen molar-refractivity contribution in [2.75, 3.05) is 38.3 Å². The standard InChI is InChI=1S/C19H21N3O3S2/c1-21(2)11-12-22(19-20-16-9-4-5-10-17(16)26-19)18(23)14-7-6-8-15(13-14)27(3,24)25/h4-10,13H,11-12H2,1-3H3. The molecule has 1 aromatic heterocycles. The van der Waals surface area contributed by atoms with Crippen LogP contribution in [0.15, 0.2) is 53.4 Å². The van der Waals surface area contributed by atoms with Gasteiger partial charge in [-0.2, -0.15) is 0 Å². The van der Waals surface area contributed by atoms with Crippen molar-refractivity contribution >= 4 is 42.4 Å². The summed E-state index contributed by atoms with van der Waals surface area (Å²) in [4.78, 5) is 21.5. The Labute approximate surface area is 163 Å². The molecule has 1 heterocycles. The highest BCUT2D eigenvalue weighted by Crippen LogP contribution is 2.29. The maximum absolute atomic E-state index is 13.2. The van der Waals surface area contributed by atoms with Crippen molar-refractivity contribution in [2.24, 2.45) is 0 Å². The van der Waals surface area contributed by atoms with Crippen molar-refractivity contribution in [1.29, 1.82) is 0 Å². The van der Waals surface area contributed by atoms with Crippen LogP contribution in [0.2, 0.25) is 0 Å². The van der Waals surface area contributed by atoms with Gasteiger partial charge in [-0.1, -0.05) is 29.5 Å². The Morgan fingerprint density at radius 2 is 1.81 bits per heavy atom. The first-order valence-corrected chi connectivity index (χ1v) is 11.1. The number of fused-ring (bicyclic) bond motifs is 1. The van der Waals surface area contributed by atoms with Crippen LogP contribution in [-0.2, 0) is 9.84 Å². The monoisotopic (exact) mass is 403 g/mol. The molecule has 0 radical (unpaired) electrons. The number of likely N-dealkylation sites (N-methyl/N-ethyl adjacent to an activating group) is 1. The third-order valence-electron chi connectivity index (χ3n) is 4.04. The fourth-order valence-corrected chi connectivity index (χ4v) is 4.23. The SMILES string of the molecule is CN(C)CCN(C(=O)c1cccc(S(C)(=O)=O)c1)c1nc2ccccc2s1. The summed E-state index contributed by atoms with van der Waals surface area (Å²) in [6.07, 6.45) is 1.13. The Morgan fingerprint density at radius 1 is 1.07 bits per heavy atom. The Hall–Kier alpha value is -2.29. The van der Waals surface area contributed by atoms with E-state index in [0.29, 0.717) is 23.8 Å². The highest BCUT2D eigenvalue weighted by molar-refractivity contribution is 7.90. The predicted molar refractivity (Wildman–Crippen MR) is 109 cm³/mol. The number of amides is 1. The van der Waals surface area contributed by atoms with E-state index in [1.165, 1.54) is 23.5 Å². The first-order valence-electron chi connectivity index (χ1n) is 8.38. The van der Waals surface area contributed by atoms with Crippen LogP contribution in [0.5, 0.6) is 0 Å². The molecule has 2 aromatic carbocycles. The summed E-state index contributed by atoms with van der Waals surface area (Å²) < 4.78 is 24.7. The summed E-state index contributed by atoms with van der Waals surface area (Å²) in [6, 6.07) is 13.9. The second kappa shape index (κ2) is 7.75. The summed E-state index contributed by atoms with van der Waals surface area (Å²) in [5.74, 6) is -0.263. The van der Waals surface area contributed by atoms with E-state index in [1.807, 2.05) is 43.3 Å². The van der Waals surface area contributed by atoms with Crippen molar-refractivity contribution in [3.05, 3.63) is 54.1 Å². The second-order valence-corrected chi connectivity index (χ2v) is 9.55. The van der Waals surface area contributed by atoms with E-state index in [4.69, 9.17) is 0 Å². The first kappa shape index (κ1) is 19.5. The zero-order chi connectivity index (χ0) is 19.6. The molecule has 3 aromatic rings. The number of carbonyl (C=O) groups excluding carboxylic acids is 1. The van der Waals surface area contributed by atoms with Gasteiger partial charge in [0.1, 0.15) is 0 Å². The molecule has 0 atom stereocenters. The third-order valence-corrected chi connectivity index (χ3v) is 6.21. The zero-order valence-corrected chi connectivity index (χ0v) is 17.0. The van der Waals surface area contributed by atoms with Gasteiger partial charge in [0.25, 0.3) is 5.91 Å². The predicted octanol–water partition coefficient (Wildman–Crippen LogP) is 2.91. The number of aromatic nitrogens is 1. The number of anilines is 1. The number of para-hydroxylation sites is 1. The number of hydrogen-bond donors (Lipinski definition) is 0. The van der Waals surface area contributed by atoms with Crippen molar-refractivity contribution in [3.8, 4) is 0 Å². The van der Waals surface area contributed by atoms with Gasteiger partial charge in [-0.05, 0) is 44.4 Å². The van der Waals surface area contributed by atoms with Gasteiger partial charge in [-0.15, -0.1) is 0 Å². The zero-order valence-electron chi connectivity index (χ0n) is 15.4. The van der Waals surface area contributed by atoms with Gasteiger partial charge >= 0.3 is 0 Å². The van der Waals surface area contributed by atoms with Crippen molar-refractivity contribution in [1.82, 2.24) is 9.88 Å². The molecule has 0 spiro atoms. The molecular formula is C19H21N3O3S2. The van der Waals surface area contributed by atoms with Crippen LogP contribution in [0.25, 0.3) is 10.2 Å². The van der Waals surface area contributed by atoms with Crippen molar-refractivity contribution in [3.63, 3.8) is 0 Å². The normalized spacial score (nSPS) is 11.9. The minimum absolute atomic E-state index is 0.130. The number of thiazole rings is 1. The highest BCUT2D eigenvalue weighted by atomic mass is 32.2. The number of nitrogens with zero attached hydrogens (tertiary/aromatic N) is 3. The van der Waals surface area contributed by atoms with Gasteiger partial charge in [0.05, 0.1) is 15.1 Å². The fourth-order valence-electron chi connectivity index (χ4n) is 2.58.